The van der Waals surface area contributed by atoms with Gasteiger partial charge in [0.1, 0.15) is 0 Å². The van der Waals surface area contributed by atoms with Gasteiger partial charge in [-0.05, 0) is 19.1 Å². The Hall–Kier alpha value is 1.05. The van der Waals surface area contributed by atoms with Crippen LogP contribution in [0.2, 0.25) is 0 Å². The van der Waals surface area contributed by atoms with Gasteiger partial charge in [-0.25, -0.2) is 0 Å². The van der Waals surface area contributed by atoms with Gasteiger partial charge in [-0.2, -0.15) is 12.8 Å². The Morgan fingerprint density at radius 1 is 1.50 bits per heavy atom. The molecule has 0 unspecified atom stereocenters. The molecule has 0 bridgehead atoms. The molecule has 1 aromatic heterocycles. The Morgan fingerprint density at radius 3 is 2.50 bits per heavy atom. The zero-order valence-corrected chi connectivity index (χ0v) is 13.2. The summed E-state index contributed by atoms with van der Waals surface area (Å²) in [7, 11) is 0. The van der Waals surface area contributed by atoms with E-state index in [9.17, 15) is 0 Å². The summed E-state index contributed by atoms with van der Waals surface area (Å²) >= 11 is 5.57. The Balaban J connectivity index is 0.000000336. The van der Waals surface area contributed by atoms with Gasteiger partial charge in [0.25, 0.3) is 0 Å². The van der Waals surface area contributed by atoms with Gasteiger partial charge in [0.05, 0.1) is 0 Å². The van der Waals surface area contributed by atoms with Crippen molar-refractivity contribution in [3.63, 3.8) is 0 Å². The zero-order chi connectivity index (χ0) is 8.97. The Morgan fingerprint density at radius 2 is 2.17 bits per heavy atom. The molecule has 0 radical (unpaired) electrons. The third-order valence-electron chi connectivity index (χ3n) is 2.07. The van der Waals surface area contributed by atoms with Crippen molar-refractivity contribution in [2.75, 3.05) is 0 Å². The first kappa shape index (κ1) is 11.1. The first-order valence-corrected chi connectivity index (χ1v) is 13.9. The van der Waals surface area contributed by atoms with Crippen LogP contribution in [-0.4, -0.2) is 0 Å². The molecule has 0 aromatic carbocycles. The topological polar surface area (TPSA) is 0 Å². The first-order chi connectivity index (χ1) is 5.86. The second kappa shape index (κ2) is 5.71. The second-order valence-electron chi connectivity index (χ2n) is 2.91. The number of rotatable bonds is 1. The number of halogens is 1. The molecular weight excluding hydrogens is 332 g/mol. The number of hydrogen-bond acceptors (Lipinski definition) is 1. The molecule has 3 heteroatoms. The SMILES string of the molecule is Cc1ccc(C2C[CH-]C2)s1.[Zn+][I]. The molecule has 0 amide bonds. The molecule has 2 rings (SSSR count). The van der Waals surface area contributed by atoms with Gasteiger partial charge in [0.15, 0.2) is 0 Å². The van der Waals surface area contributed by atoms with E-state index in [0.29, 0.717) is 0 Å². The van der Waals surface area contributed by atoms with Gasteiger partial charge in [0, 0.05) is 9.75 Å². The molecular formula is C9H11ISZn. The minimum absolute atomic E-state index is 0.874. The normalized spacial score (nSPS) is 16.3. The van der Waals surface area contributed by atoms with Crippen LogP contribution in [0.25, 0.3) is 0 Å². The Bertz CT molecular complexity index is 230. The van der Waals surface area contributed by atoms with Crippen LogP contribution in [0.4, 0.5) is 0 Å². The van der Waals surface area contributed by atoms with Crippen molar-refractivity contribution >= 4 is 31.1 Å². The van der Waals surface area contributed by atoms with Crippen LogP contribution in [-0.2, 0) is 14.8 Å². The quantitative estimate of drug-likeness (QED) is 0.410. The molecule has 1 heterocycles. The summed E-state index contributed by atoms with van der Waals surface area (Å²) in [5.41, 5.74) is 0. The molecule has 62 valence electrons. The molecule has 0 saturated heterocycles. The summed E-state index contributed by atoms with van der Waals surface area (Å²) in [4.78, 5) is 3.03. The molecule has 1 aromatic rings. The molecule has 12 heavy (non-hydrogen) atoms. The monoisotopic (exact) mass is 342 g/mol. The fraction of sp³-hybridized carbons (Fsp3) is 0.444. The third kappa shape index (κ3) is 2.78. The van der Waals surface area contributed by atoms with Crippen molar-refractivity contribution in [1.82, 2.24) is 0 Å². The van der Waals surface area contributed by atoms with E-state index in [-0.39, 0.29) is 0 Å². The van der Waals surface area contributed by atoms with Crippen LogP contribution in [0.5, 0.6) is 0 Å². The van der Waals surface area contributed by atoms with Crippen molar-refractivity contribution in [2.45, 2.75) is 25.7 Å². The van der Waals surface area contributed by atoms with Gasteiger partial charge in [-0.15, -0.1) is 11.3 Å². The number of aryl methyl sites for hydroxylation is 1. The van der Waals surface area contributed by atoms with Crippen LogP contribution < -0.4 is 0 Å². The van der Waals surface area contributed by atoms with Crippen molar-refractivity contribution in [3.8, 4) is 0 Å². The van der Waals surface area contributed by atoms with Crippen LogP contribution in [0.1, 0.15) is 28.5 Å². The minimum atomic E-state index is 0.874. The molecule has 0 N–H and O–H groups in total. The average molecular weight is 344 g/mol. The zero-order valence-electron chi connectivity index (χ0n) is 7.22. The van der Waals surface area contributed by atoms with E-state index in [1.54, 1.807) is 4.88 Å². The maximum absolute atomic E-state index is 2.36. The standard InChI is InChI=1S/C9H11S.HI.Zn/c1-7-5-6-9(10-7)8-3-2-4-8;;/h2,5-6,8H,3-4H2,1H3;1H;/q-1;;+2/p-1. The Labute approximate surface area is 99.0 Å². The van der Waals surface area contributed by atoms with Crippen LogP contribution in [0, 0.1) is 13.3 Å². The van der Waals surface area contributed by atoms with E-state index in [4.69, 9.17) is 0 Å². The van der Waals surface area contributed by atoms with Gasteiger partial charge < -0.3 is 6.42 Å². The summed E-state index contributed by atoms with van der Waals surface area (Å²) < 4.78 is 0. The van der Waals surface area contributed by atoms with Crippen LogP contribution in [0.15, 0.2) is 12.1 Å². The van der Waals surface area contributed by atoms with Gasteiger partial charge in [0.2, 0.25) is 0 Å². The van der Waals surface area contributed by atoms with Gasteiger partial charge >= 0.3 is 34.5 Å². The van der Waals surface area contributed by atoms with E-state index < -0.39 is 0 Å². The molecule has 0 aliphatic heterocycles. The fourth-order valence-corrected chi connectivity index (χ4v) is 2.24. The molecule has 0 spiro atoms. The van der Waals surface area contributed by atoms with E-state index in [2.05, 4.69) is 45.2 Å². The summed E-state index contributed by atoms with van der Waals surface area (Å²) in [5, 5.41) is 0. The van der Waals surface area contributed by atoms with Crippen molar-refractivity contribution in [1.29, 1.82) is 0 Å². The Kier molecular flexibility index (Phi) is 5.30. The van der Waals surface area contributed by atoms with Gasteiger partial charge in [-0.3, -0.25) is 0 Å². The summed E-state index contributed by atoms with van der Waals surface area (Å²) in [5.74, 6) is 0.874. The average Bonchev–Trinajstić information content (AvgIpc) is 2.37. The number of thiophene rings is 1. The van der Waals surface area contributed by atoms with E-state index in [1.165, 1.54) is 32.5 Å². The third-order valence-corrected chi connectivity index (χ3v) is 3.23. The molecule has 0 nitrogen and oxygen atoms in total. The van der Waals surface area contributed by atoms with E-state index in [1.807, 2.05) is 11.3 Å². The first-order valence-electron chi connectivity index (χ1n) is 4.01. The predicted octanol–water partition coefficient (Wildman–Crippen LogP) is 4.02. The molecule has 1 aliphatic rings. The van der Waals surface area contributed by atoms with Crippen LogP contribution in [0.3, 0.4) is 0 Å². The summed E-state index contributed by atoms with van der Waals surface area (Å²) in [6, 6.07) is 4.50. The molecule has 1 aliphatic carbocycles. The summed E-state index contributed by atoms with van der Waals surface area (Å²) in [6.07, 6.45) is 4.97. The number of hydrogen-bond donors (Lipinski definition) is 0. The van der Waals surface area contributed by atoms with Crippen molar-refractivity contribution < 1.29 is 14.8 Å². The van der Waals surface area contributed by atoms with Crippen LogP contribution >= 0.6 is 31.1 Å². The van der Waals surface area contributed by atoms with Gasteiger partial charge in [-0.1, -0.05) is 5.92 Å². The molecule has 1 saturated carbocycles. The maximum atomic E-state index is 2.36. The molecule has 0 atom stereocenters. The fourth-order valence-electron chi connectivity index (χ4n) is 1.24. The van der Waals surface area contributed by atoms with Crippen molar-refractivity contribution in [3.05, 3.63) is 28.3 Å². The summed E-state index contributed by atoms with van der Waals surface area (Å²) in [6.45, 7) is 2.18. The predicted molar refractivity (Wildman–Crippen MR) is 59.4 cm³/mol. The van der Waals surface area contributed by atoms with E-state index in [0.717, 1.165) is 5.92 Å². The van der Waals surface area contributed by atoms with E-state index >= 15 is 0 Å². The van der Waals surface area contributed by atoms with Crippen molar-refractivity contribution in [2.24, 2.45) is 0 Å². The second-order valence-corrected chi connectivity index (χ2v) is 4.22. The molecule has 1 fully saturated rings.